The molecule has 1 heterocycles. The molecule has 0 aromatic rings. The molecule has 1 fully saturated rings. The lowest BCUT2D eigenvalue weighted by Gasteiger charge is -2.32. The predicted molar refractivity (Wildman–Crippen MR) is 54.5 cm³/mol. The summed E-state index contributed by atoms with van der Waals surface area (Å²) in [6.45, 7) is 1.79. The Labute approximate surface area is 118 Å². The summed E-state index contributed by atoms with van der Waals surface area (Å²) in [5.74, 6) is -15.2. The van der Waals surface area contributed by atoms with Crippen LogP contribution in [0.25, 0.3) is 0 Å². The van der Waals surface area contributed by atoms with Crippen molar-refractivity contribution >= 4 is 5.91 Å². The number of likely N-dealkylation sites (N-methyl/N-ethyl adjacent to an activating group) is 1. The fourth-order valence-corrected chi connectivity index (χ4v) is 1.94. The third-order valence-corrected chi connectivity index (χ3v) is 3.26. The Bertz CT molecular complexity index is 424. The fraction of sp³-hybridized carbons (Fsp3) is 0.900. The van der Waals surface area contributed by atoms with Crippen LogP contribution in [-0.2, 0) is 4.79 Å². The van der Waals surface area contributed by atoms with E-state index < -0.39 is 41.0 Å². The van der Waals surface area contributed by atoms with Crippen LogP contribution in [-0.4, -0.2) is 59.0 Å². The molecule has 1 atom stereocenters. The number of likely N-dealkylation sites (tertiary alicyclic amines) is 1. The summed E-state index contributed by atoms with van der Waals surface area (Å²) < 4.78 is 118. The molecule has 0 saturated carbocycles. The molecule has 130 valence electrons. The van der Waals surface area contributed by atoms with Crippen molar-refractivity contribution in [1.29, 1.82) is 0 Å². The first-order valence-corrected chi connectivity index (χ1v) is 5.95. The van der Waals surface area contributed by atoms with Crippen LogP contribution in [0.2, 0.25) is 0 Å². The van der Waals surface area contributed by atoms with E-state index in [0.29, 0.717) is 4.90 Å². The number of rotatable bonds is 4. The highest BCUT2D eigenvalue weighted by atomic mass is 19.4. The van der Waals surface area contributed by atoms with Gasteiger partial charge in [-0.1, -0.05) is 0 Å². The Morgan fingerprint density at radius 1 is 0.909 bits per heavy atom. The molecule has 22 heavy (non-hydrogen) atoms. The Hall–Kier alpha value is -1.20. The third kappa shape index (κ3) is 2.06. The molecule has 0 aliphatic carbocycles. The number of hydrogen-bond donors (Lipinski definition) is 0. The van der Waals surface area contributed by atoms with E-state index in [-0.39, 0.29) is 13.1 Å². The van der Waals surface area contributed by atoms with Crippen molar-refractivity contribution in [1.82, 2.24) is 9.80 Å². The first kappa shape index (κ1) is 18.8. The molecule has 1 saturated heterocycles. The van der Waals surface area contributed by atoms with E-state index in [9.17, 15) is 44.3 Å². The van der Waals surface area contributed by atoms with Gasteiger partial charge in [0.1, 0.15) is 0 Å². The van der Waals surface area contributed by atoms with Crippen molar-refractivity contribution in [2.75, 3.05) is 13.1 Å². The lowest BCUT2D eigenvalue weighted by Crippen LogP contribution is -2.58. The summed E-state index contributed by atoms with van der Waals surface area (Å²) >= 11 is 0. The molecule has 1 amide bonds. The first-order chi connectivity index (χ1) is 9.71. The molecule has 1 unspecified atom stereocenters. The second-order valence-corrected chi connectivity index (χ2v) is 4.45. The number of carbonyl (C=O) groups excluding carboxylic acids is 1. The molecule has 3 nitrogen and oxygen atoms in total. The van der Waals surface area contributed by atoms with Crippen LogP contribution in [0.3, 0.4) is 0 Å². The van der Waals surface area contributed by atoms with Crippen LogP contribution in [0.5, 0.6) is 0 Å². The van der Waals surface area contributed by atoms with Crippen molar-refractivity contribution in [2.45, 2.75) is 44.1 Å². The van der Waals surface area contributed by atoms with Crippen LogP contribution < -0.4 is 0 Å². The summed E-state index contributed by atoms with van der Waals surface area (Å²) in [5.41, 5.74) is 0. The van der Waals surface area contributed by atoms with E-state index in [1.807, 2.05) is 0 Å². The van der Waals surface area contributed by atoms with Crippen molar-refractivity contribution in [3.8, 4) is 0 Å². The molecule has 1 aliphatic rings. The lowest BCUT2D eigenvalue weighted by atomic mass is 10.2. The highest BCUT2D eigenvalue weighted by molar-refractivity contribution is 5.80. The van der Waals surface area contributed by atoms with Gasteiger partial charge in [-0.25, -0.2) is 4.39 Å². The van der Waals surface area contributed by atoms with Crippen molar-refractivity contribution in [2.24, 2.45) is 0 Å². The Balaban J connectivity index is 3.37. The van der Waals surface area contributed by atoms with Crippen LogP contribution in [0.1, 0.15) is 13.8 Å². The molecule has 0 spiro atoms. The number of alkyl halides is 9. The minimum atomic E-state index is -6.56. The van der Waals surface area contributed by atoms with Crippen LogP contribution in [0, 0.1) is 0 Å². The van der Waals surface area contributed by atoms with Gasteiger partial charge in [-0.3, -0.25) is 4.79 Å². The Morgan fingerprint density at radius 3 is 1.50 bits per heavy atom. The van der Waals surface area contributed by atoms with E-state index in [1.165, 1.54) is 13.8 Å². The van der Waals surface area contributed by atoms with Gasteiger partial charge >= 0.3 is 23.9 Å². The average Bonchev–Trinajstić information content (AvgIpc) is 2.44. The summed E-state index contributed by atoms with van der Waals surface area (Å²) in [5, 5.41) is 0. The third-order valence-electron chi connectivity index (χ3n) is 3.26. The summed E-state index contributed by atoms with van der Waals surface area (Å²) in [4.78, 5) is 9.50. The van der Waals surface area contributed by atoms with Gasteiger partial charge in [-0.2, -0.15) is 35.1 Å². The van der Waals surface area contributed by atoms with Crippen molar-refractivity contribution < 1.29 is 44.3 Å². The van der Waals surface area contributed by atoms with Gasteiger partial charge < -0.3 is 4.90 Å². The molecule has 0 radical (unpaired) electrons. The monoisotopic (exact) mass is 346 g/mol. The lowest BCUT2D eigenvalue weighted by molar-refractivity contribution is -0.303. The minimum absolute atomic E-state index is 0.326. The van der Waals surface area contributed by atoms with Crippen LogP contribution >= 0.6 is 0 Å². The minimum Gasteiger partial charge on any atom is -0.340 e. The zero-order valence-electron chi connectivity index (χ0n) is 11.2. The maximum absolute atomic E-state index is 13.7. The molecule has 1 aliphatic heterocycles. The van der Waals surface area contributed by atoms with Gasteiger partial charge in [0.05, 0.1) is 0 Å². The second-order valence-electron chi connectivity index (χ2n) is 4.45. The van der Waals surface area contributed by atoms with Gasteiger partial charge in [0.25, 0.3) is 5.91 Å². The molecular weight excluding hydrogens is 335 g/mol. The van der Waals surface area contributed by atoms with E-state index in [1.54, 1.807) is 0 Å². The topological polar surface area (TPSA) is 23.6 Å². The molecule has 0 N–H and O–H groups in total. The molecule has 0 aromatic heterocycles. The van der Waals surface area contributed by atoms with Gasteiger partial charge in [-0.05, 0) is 13.8 Å². The highest BCUT2D eigenvalue weighted by Crippen LogP contribution is 2.63. The van der Waals surface area contributed by atoms with Crippen molar-refractivity contribution in [3.05, 3.63) is 0 Å². The number of hydrogen-bond acceptors (Lipinski definition) is 2. The average molecular weight is 346 g/mol. The number of carbonyl (C=O) groups is 1. The molecule has 0 aromatic carbocycles. The molecule has 0 bridgehead atoms. The van der Waals surface area contributed by atoms with Gasteiger partial charge in [0.2, 0.25) is 6.30 Å². The van der Waals surface area contributed by atoms with E-state index >= 15 is 0 Å². The van der Waals surface area contributed by atoms with Gasteiger partial charge in [-0.15, -0.1) is 4.90 Å². The zero-order chi connectivity index (χ0) is 17.7. The fourth-order valence-electron chi connectivity index (χ4n) is 1.94. The quantitative estimate of drug-likeness (QED) is 0.577. The maximum atomic E-state index is 13.7. The number of nitrogens with zero attached hydrogens (tertiary/aromatic N) is 2. The van der Waals surface area contributed by atoms with Crippen LogP contribution in [0.15, 0.2) is 0 Å². The highest BCUT2D eigenvalue weighted by Gasteiger charge is 2.94. The zero-order valence-corrected chi connectivity index (χ0v) is 11.2. The van der Waals surface area contributed by atoms with E-state index in [0.717, 1.165) is 0 Å². The molecule has 12 heteroatoms. The first-order valence-electron chi connectivity index (χ1n) is 5.95. The second kappa shape index (κ2) is 5.17. The van der Waals surface area contributed by atoms with Crippen LogP contribution in [0.4, 0.5) is 39.5 Å². The number of amides is 1. The molecular formula is C10H11F9N2O. The standard InChI is InChI=1S/C10H11F9N2O/c1-3-20(4-2)6(22)5(11)21-9(16,17)7(12,13)8(14,15)10(21,18)19/h5H,3-4H2,1-2H3. The van der Waals surface area contributed by atoms with Gasteiger partial charge in [0, 0.05) is 13.1 Å². The molecule has 1 rings (SSSR count). The Morgan fingerprint density at radius 2 is 1.23 bits per heavy atom. The number of halogens is 9. The van der Waals surface area contributed by atoms with E-state index in [4.69, 9.17) is 0 Å². The smallest absolute Gasteiger partial charge is 0.340 e. The SMILES string of the molecule is CCN(CC)C(=O)C(F)N1C(F)(F)C(F)(F)C(F)(F)C1(F)F. The summed E-state index contributed by atoms with van der Waals surface area (Å²) in [6.07, 6.45) is -4.07. The largest absolute Gasteiger partial charge is 0.394 e. The van der Waals surface area contributed by atoms with Gasteiger partial charge in [0.15, 0.2) is 0 Å². The normalized spacial score (nSPS) is 26.7. The van der Waals surface area contributed by atoms with Crippen molar-refractivity contribution in [3.63, 3.8) is 0 Å². The summed E-state index contributed by atoms with van der Waals surface area (Å²) in [6, 6.07) is -12.5. The predicted octanol–water partition coefficient (Wildman–Crippen LogP) is 2.92. The summed E-state index contributed by atoms with van der Waals surface area (Å²) in [7, 11) is 0. The van der Waals surface area contributed by atoms with E-state index in [2.05, 4.69) is 0 Å². The maximum Gasteiger partial charge on any atom is 0.394 e. The Kier molecular flexibility index (Phi) is 4.43.